The van der Waals surface area contributed by atoms with Crippen molar-refractivity contribution in [3.05, 3.63) is 30.0 Å². The average Bonchev–Trinajstić information content (AvgIpc) is 2.76. The molecule has 0 aliphatic rings. The number of para-hydroxylation sites is 2. The third-order valence-electron chi connectivity index (χ3n) is 2.26. The van der Waals surface area contributed by atoms with Gasteiger partial charge in [-0.3, -0.25) is 4.79 Å². The second-order valence-corrected chi connectivity index (χ2v) is 3.23. The lowest BCUT2D eigenvalue weighted by atomic mass is 10.3. The Kier molecular flexibility index (Phi) is 1.61. The molecule has 3 rings (SSSR count). The molecule has 1 aromatic carbocycles. The van der Waals surface area contributed by atoms with Crippen molar-refractivity contribution in [1.82, 2.24) is 25.0 Å². The second kappa shape index (κ2) is 2.96. The first kappa shape index (κ1) is 8.72. The van der Waals surface area contributed by atoms with E-state index in [0.717, 1.165) is 5.52 Å². The molecule has 2 aromatic heterocycles. The van der Waals surface area contributed by atoms with Gasteiger partial charge in [0, 0.05) is 0 Å². The molecule has 2 N–H and O–H groups in total. The Labute approximate surface area is 88.9 Å². The van der Waals surface area contributed by atoms with Gasteiger partial charge < -0.3 is 5.73 Å². The molecule has 0 spiro atoms. The molecule has 78 valence electrons. The third-order valence-corrected chi connectivity index (χ3v) is 2.26. The maximum absolute atomic E-state index is 11.2. The highest BCUT2D eigenvalue weighted by atomic mass is 16.1. The van der Waals surface area contributed by atoms with E-state index in [-0.39, 0.29) is 11.3 Å². The Hall–Kier alpha value is -2.57. The minimum Gasteiger partial charge on any atom is -0.364 e. The second-order valence-electron chi connectivity index (χ2n) is 3.23. The average molecular weight is 214 g/mol. The number of primary amides is 1. The number of nitrogens with zero attached hydrogens (tertiary/aromatic N) is 5. The first-order chi connectivity index (χ1) is 7.77. The van der Waals surface area contributed by atoms with Crippen molar-refractivity contribution in [3.63, 3.8) is 0 Å². The summed E-state index contributed by atoms with van der Waals surface area (Å²) in [5, 5.41) is 11.0. The zero-order chi connectivity index (χ0) is 11.1. The molecule has 2 heterocycles. The Bertz CT molecular complexity index is 703. The van der Waals surface area contributed by atoms with Crippen LogP contribution in [0.5, 0.6) is 0 Å². The molecular weight excluding hydrogens is 208 g/mol. The van der Waals surface area contributed by atoms with Crippen molar-refractivity contribution in [2.24, 2.45) is 5.73 Å². The fraction of sp³-hybridized carbons (Fsp3) is 0. The van der Waals surface area contributed by atoms with Gasteiger partial charge in [-0.25, -0.2) is 4.98 Å². The SMILES string of the molecule is NC(=O)c1nc2ccccc2n2nnnc12. The Morgan fingerprint density at radius 2 is 2.12 bits per heavy atom. The van der Waals surface area contributed by atoms with Gasteiger partial charge >= 0.3 is 0 Å². The van der Waals surface area contributed by atoms with Gasteiger partial charge in [0.2, 0.25) is 5.65 Å². The van der Waals surface area contributed by atoms with Gasteiger partial charge in [0.25, 0.3) is 5.91 Å². The summed E-state index contributed by atoms with van der Waals surface area (Å²) in [6, 6.07) is 7.24. The molecule has 7 nitrogen and oxygen atoms in total. The number of tetrazole rings is 1. The predicted molar refractivity (Wildman–Crippen MR) is 54.6 cm³/mol. The van der Waals surface area contributed by atoms with Crippen LogP contribution in [0.2, 0.25) is 0 Å². The van der Waals surface area contributed by atoms with Gasteiger partial charge in [-0.15, -0.1) is 5.10 Å². The zero-order valence-corrected chi connectivity index (χ0v) is 8.03. The van der Waals surface area contributed by atoms with Crippen LogP contribution in [-0.2, 0) is 0 Å². The van der Waals surface area contributed by atoms with E-state index in [0.29, 0.717) is 5.52 Å². The van der Waals surface area contributed by atoms with E-state index in [1.165, 1.54) is 4.52 Å². The molecule has 0 aliphatic carbocycles. The maximum Gasteiger partial charge on any atom is 0.271 e. The number of hydrogen-bond donors (Lipinski definition) is 1. The van der Waals surface area contributed by atoms with Crippen molar-refractivity contribution in [2.75, 3.05) is 0 Å². The Balaban J connectivity index is 2.58. The van der Waals surface area contributed by atoms with Crippen LogP contribution in [0.1, 0.15) is 10.5 Å². The number of carbonyl (C=O) groups is 1. The number of rotatable bonds is 1. The summed E-state index contributed by atoms with van der Waals surface area (Å²) >= 11 is 0. The minimum atomic E-state index is -0.648. The molecule has 1 amide bonds. The van der Waals surface area contributed by atoms with Crippen LogP contribution in [0.4, 0.5) is 0 Å². The summed E-state index contributed by atoms with van der Waals surface area (Å²) in [6.07, 6.45) is 0. The maximum atomic E-state index is 11.2. The summed E-state index contributed by atoms with van der Waals surface area (Å²) < 4.78 is 1.45. The van der Waals surface area contributed by atoms with Gasteiger partial charge in [0.1, 0.15) is 0 Å². The van der Waals surface area contributed by atoms with Crippen molar-refractivity contribution in [1.29, 1.82) is 0 Å². The molecule has 0 saturated heterocycles. The number of hydrogen-bond acceptors (Lipinski definition) is 5. The number of benzene rings is 1. The number of amides is 1. The van der Waals surface area contributed by atoms with E-state index < -0.39 is 5.91 Å². The van der Waals surface area contributed by atoms with Crippen LogP contribution in [0.3, 0.4) is 0 Å². The monoisotopic (exact) mass is 214 g/mol. The largest absolute Gasteiger partial charge is 0.364 e. The van der Waals surface area contributed by atoms with Crippen molar-refractivity contribution in [3.8, 4) is 0 Å². The molecular formula is C9H6N6O. The lowest BCUT2D eigenvalue weighted by molar-refractivity contribution is 0.0997. The van der Waals surface area contributed by atoms with Gasteiger partial charge in [-0.2, -0.15) is 4.52 Å². The van der Waals surface area contributed by atoms with Crippen LogP contribution >= 0.6 is 0 Å². The molecule has 0 saturated carbocycles. The summed E-state index contributed by atoms with van der Waals surface area (Å²) in [5.41, 5.74) is 6.91. The van der Waals surface area contributed by atoms with Gasteiger partial charge in [-0.05, 0) is 22.6 Å². The first-order valence-electron chi connectivity index (χ1n) is 4.54. The van der Waals surface area contributed by atoms with Gasteiger partial charge in [0.15, 0.2) is 5.69 Å². The topological polar surface area (TPSA) is 99.1 Å². The summed E-state index contributed by atoms with van der Waals surface area (Å²) in [4.78, 5) is 15.3. The zero-order valence-electron chi connectivity index (χ0n) is 8.03. The number of nitrogens with two attached hydrogens (primary N) is 1. The fourth-order valence-electron chi connectivity index (χ4n) is 1.57. The number of aromatic nitrogens is 5. The van der Waals surface area contributed by atoms with E-state index in [1.54, 1.807) is 6.07 Å². The number of carbonyl (C=O) groups excluding carboxylic acids is 1. The molecule has 0 unspecified atom stereocenters. The molecule has 0 aliphatic heterocycles. The van der Waals surface area contributed by atoms with Gasteiger partial charge in [0.05, 0.1) is 11.0 Å². The van der Waals surface area contributed by atoms with E-state index in [2.05, 4.69) is 20.5 Å². The van der Waals surface area contributed by atoms with Crippen molar-refractivity contribution in [2.45, 2.75) is 0 Å². The molecule has 7 heteroatoms. The quantitative estimate of drug-likeness (QED) is 0.603. The normalized spacial score (nSPS) is 11.0. The Morgan fingerprint density at radius 3 is 2.94 bits per heavy atom. The van der Waals surface area contributed by atoms with Crippen LogP contribution in [0, 0.1) is 0 Å². The van der Waals surface area contributed by atoms with Crippen molar-refractivity contribution < 1.29 is 4.79 Å². The molecule has 0 bridgehead atoms. The standard InChI is InChI=1S/C9H6N6O/c10-8(16)7-9-12-13-14-15(9)6-4-2-1-3-5(6)11-7/h1-4H,(H2,10,16). The van der Waals surface area contributed by atoms with Crippen LogP contribution in [0.25, 0.3) is 16.7 Å². The summed E-state index contributed by atoms with van der Waals surface area (Å²) in [5.74, 6) is -0.648. The van der Waals surface area contributed by atoms with Crippen LogP contribution in [0.15, 0.2) is 24.3 Å². The molecule has 0 atom stereocenters. The van der Waals surface area contributed by atoms with E-state index >= 15 is 0 Å². The highest BCUT2D eigenvalue weighted by Gasteiger charge is 2.14. The van der Waals surface area contributed by atoms with Crippen LogP contribution in [-0.4, -0.2) is 30.9 Å². The lowest BCUT2D eigenvalue weighted by Gasteiger charge is -2.01. The molecule has 0 radical (unpaired) electrons. The summed E-state index contributed by atoms with van der Waals surface area (Å²) in [6.45, 7) is 0. The fourth-order valence-corrected chi connectivity index (χ4v) is 1.57. The number of fused-ring (bicyclic) bond motifs is 3. The molecule has 3 aromatic rings. The third kappa shape index (κ3) is 1.05. The minimum absolute atomic E-state index is 0.0729. The Morgan fingerprint density at radius 1 is 1.31 bits per heavy atom. The predicted octanol–water partition coefficient (Wildman–Crippen LogP) is -0.229. The highest BCUT2D eigenvalue weighted by molar-refractivity contribution is 5.98. The summed E-state index contributed by atoms with van der Waals surface area (Å²) in [7, 11) is 0. The van der Waals surface area contributed by atoms with E-state index in [9.17, 15) is 4.79 Å². The molecule has 16 heavy (non-hydrogen) atoms. The highest BCUT2D eigenvalue weighted by Crippen LogP contribution is 2.14. The lowest BCUT2D eigenvalue weighted by Crippen LogP contribution is -2.15. The molecule has 0 fully saturated rings. The van der Waals surface area contributed by atoms with E-state index in [1.807, 2.05) is 18.2 Å². The van der Waals surface area contributed by atoms with E-state index in [4.69, 9.17) is 5.73 Å². The smallest absolute Gasteiger partial charge is 0.271 e. The van der Waals surface area contributed by atoms with Gasteiger partial charge in [-0.1, -0.05) is 12.1 Å². The first-order valence-corrected chi connectivity index (χ1v) is 4.54. The van der Waals surface area contributed by atoms with Crippen molar-refractivity contribution >= 4 is 22.6 Å². The van der Waals surface area contributed by atoms with Crippen LogP contribution < -0.4 is 5.73 Å².